The predicted octanol–water partition coefficient (Wildman–Crippen LogP) is 2.52. The zero-order valence-corrected chi connectivity index (χ0v) is 11.4. The van der Waals surface area contributed by atoms with E-state index >= 15 is 0 Å². The summed E-state index contributed by atoms with van der Waals surface area (Å²) in [5, 5.41) is 0. The SMILES string of the molecule is CCC(CSC)N(C)C(=O)N(CC)CC. The van der Waals surface area contributed by atoms with Gasteiger partial charge in [-0.3, -0.25) is 0 Å². The monoisotopic (exact) mass is 232 g/mol. The summed E-state index contributed by atoms with van der Waals surface area (Å²) < 4.78 is 0. The lowest BCUT2D eigenvalue weighted by Gasteiger charge is -2.31. The van der Waals surface area contributed by atoms with E-state index in [1.807, 2.05) is 30.7 Å². The first kappa shape index (κ1) is 14.6. The zero-order valence-electron chi connectivity index (χ0n) is 10.6. The van der Waals surface area contributed by atoms with Crippen LogP contribution in [0.2, 0.25) is 0 Å². The third kappa shape index (κ3) is 4.33. The van der Waals surface area contributed by atoms with Crippen LogP contribution in [0.3, 0.4) is 0 Å². The van der Waals surface area contributed by atoms with Crippen LogP contribution in [0, 0.1) is 0 Å². The van der Waals surface area contributed by atoms with Crippen LogP contribution in [0.25, 0.3) is 0 Å². The van der Waals surface area contributed by atoms with E-state index in [9.17, 15) is 4.79 Å². The van der Waals surface area contributed by atoms with Gasteiger partial charge in [0.05, 0.1) is 0 Å². The first-order chi connectivity index (χ1) is 7.12. The molecule has 0 aromatic carbocycles. The van der Waals surface area contributed by atoms with Crippen molar-refractivity contribution in [2.45, 2.75) is 33.2 Å². The number of rotatable bonds is 6. The molecule has 0 heterocycles. The smallest absolute Gasteiger partial charge is 0.319 e. The molecule has 0 saturated carbocycles. The molecule has 4 heteroatoms. The van der Waals surface area contributed by atoms with Crippen molar-refractivity contribution in [1.29, 1.82) is 0 Å². The first-order valence-electron chi connectivity index (χ1n) is 5.62. The molecule has 15 heavy (non-hydrogen) atoms. The largest absolute Gasteiger partial charge is 0.325 e. The molecule has 0 radical (unpaired) electrons. The number of thioether (sulfide) groups is 1. The quantitative estimate of drug-likeness (QED) is 0.702. The highest BCUT2D eigenvalue weighted by Crippen LogP contribution is 2.10. The van der Waals surface area contributed by atoms with Crippen LogP contribution in [-0.2, 0) is 0 Å². The van der Waals surface area contributed by atoms with Crippen LogP contribution < -0.4 is 0 Å². The molecule has 90 valence electrons. The van der Waals surface area contributed by atoms with E-state index in [2.05, 4.69) is 13.2 Å². The van der Waals surface area contributed by atoms with Crippen LogP contribution in [-0.4, -0.2) is 54.0 Å². The van der Waals surface area contributed by atoms with Crippen LogP contribution in [0.5, 0.6) is 0 Å². The van der Waals surface area contributed by atoms with Crippen LogP contribution in [0.4, 0.5) is 4.79 Å². The lowest BCUT2D eigenvalue weighted by atomic mass is 10.2. The highest BCUT2D eigenvalue weighted by molar-refractivity contribution is 7.98. The second kappa shape index (κ2) is 7.85. The Kier molecular flexibility index (Phi) is 7.65. The molecule has 0 aromatic heterocycles. The van der Waals surface area contributed by atoms with Crippen molar-refractivity contribution < 1.29 is 4.79 Å². The number of hydrogen-bond donors (Lipinski definition) is 0. The molecule has 1 unspecified atom stereocenters. The zero-order chi connectivity index (χ0) is 11.8. The fraction of sp³-hybridized carbons (Fsp3) is 0.909. The second-order valence-corrected chi connectivity index (χ2v) is 4.49. The molecule has 0 fully saturated rings. The van der Waals surface area contributed by atoms with Crippen molar-refractivity contribution in [2.75, 3.05) is 32.1 Å². The Morgan fingerprint density at radius 1 is 1.27 bits per heavy atom. The average molecular weight is 232 g/mol. The van der Waals surface area contributed by atoms with E-state index in [1.54, 1.807) is 11.8 Å². The Labute approximate surface area is 98.2 Å². The maximum absolute atomic E-state index is 12.0. The molecule has 0 saturated heterocycles. The predicted molar refractivity (Wildman–Crippen MR) is 68.5 cm³/mol. The number of hydrogen-bond acceptors (Lipinski definition) is 2. The summed E-state index contributed by atoms with van der Waals surface area (Å²) in [6.45, 7) is 7.74. The fourth-order valence-electron chi connectivity index (χ4n) is 1.57. The number of urea groups is 1. The highest BCUT2D eigenvalue weighted by Gasteiger charge is 2.21. The van der Waals surface area contributed by atoms with Gasteiger partial charge in [-0.15, -0.1) is 0 Å². The average Bonchev–Trinajstić information content (AvgIpc) is 2.26. The normalized spacial score (nSPS) is 12.3. The van der Waals surface area contributed by atoms with Crippen molar-refractivity contribution >= 4 is 17.8 Å². The summed E-state index contributed by atoms with van der Waals surface area (Å²) in [4.78, 5) is 15.8. The van der Waals surface area contributed by atoms with Gasteiger partial charge in [-0.25, -0.2) is 4.79 Å². The van der Waals surface area contributed by atoms with Gasteiger partial charge >= 0.3 is 6.03 Å². The molecule has 3 nitrogen and oxygen atoms in total. The molecular weight excluding hydrogens is 208 g/mol. The van der Waals surface area contributed by atoms with E-state index in [1.165, 1.54) is 0 Å². The van der Waals surface area contributed by atoms with Crippen molar-refractivity contribution in [1.82, 2.24) is 9.80 Å². The topological polar surface area (TPSA) is 23.6 Å². The van der Waals surface area contributed by atoms with Gasteiger partial charge in [0.15, 0.2) is 0 Å². The Morgan fingerprint density at radius 2 is 1.80 bits per heavy atom. The van der Waals surface area contributed by atoms with Gasteiger partial charge < -0.3 is 9.80 Å². The second-order valence-electron chi connectivity index (χ2n) is 3.58. The van der Waals surface area contributed by atoms with Crippen LogP contribution in [0.15, 0.2) is 0 Å². The van der Waals surface area contributed by atoms with Crippen molar-refractivity contribution in [3.63, 3.8) is 0 Å². The molecule has 0 bridgehead atoms. The minimum absolute atomic E-state index is 0.154. The third-order valence-electron chi connectivity index (χ3n) is 2.71. The van der Waals surface area contributed by atoms with E-state index in [-0.39, 0.29) is 6.03 Å². The standard InChI is InChI=1S/C11H24N2OS/c1-6-10(9-15-5)12(4)11(14)13(7-2)8-3/h10H,6-9H2,1-5H3. The van der Waals surface area contributed by atoms with Crippen LogP contribution >= 0.6 is 11.8 Å². The maximum Gasteiger partial charge on any atom is 0.319 e. The molecule has 0 aliphatic heterocycles. The van der Waals surface area contributed by atoms with Gasteiger partial charge in [0, 0.05) is 31.9 Å². The van der Waals surface area contributed by atoms with Gasteiger partial charge in [-0.2, -0.15) is 11.8 Å². The number of nitrogens with zero attached hydrogens (tertiary/aromatic N) is 2. The minimum atomic E-state index is 0.154. The Morgan fingerprint density at radius 3 is 2.13 bits per heavy atom. The highest BCUT2D eigenvalue weighted by atomic mass is 32.2. The minimum Gasteiger partial charge on any atom is -0.325 e. The lowest BCUT2D eigenvalue weighted by molar-refractivity contribution is 0.154. The van der Waals surface area contributed by atoms with E-state index < -0.39 is 0 Å². The van der Waals surface area contributed by atoms with E-state index in [0.717, 1.165) is 25.3 Å². The fourth-order valence-corrected chi connectivity index (χ4v) is 2.41. The van der Waals surface area contributed by atoms with Gasteiger partial charge in [-0.1, -0.05) is 6.92 Å². The molecule has 0 aliphatic rings. The summed E-state index contributed by atoms with van der Waals surface area (Å²) >= 11 is 1.79. The molecular formula is C11H24N2OS. The van der Waals surface area contributed by atoms with E-state index in [4.69, 9.17) is 0 Å². The summed E-state index contributed by atoms with van der Waals surface area (Å²) in [5.74, 6) is 1.01. The molecule has 2 amide bonds. The molecule has 0 N–H and O–H groups in total. The summed E-state index contributed by atoms with van der Waals surface area (Å²) in [5.41, 5.74) is 0. The summed E-state index contributed by atoms with van der Waals surface area (Å²) in [7, 11) is 1.91. The number of carbonyl (C=O) groups excluding carboxylic acids is 1. The molecule has 0 aliphatic carbocycles. The molecule has 0 rings (SSSR count). The molecule has 0 spiro atoms. The van der Waals surface area contributed by atoms with Crippen molar-refractivity contribution in [3.8, 4) is 0 Å². The summed E-state index contributed by atoms with van der Waals surface area (Å²) in [6, 6.07) is 0.508. The van der Waals surface area contributed by atoms with Crippen LogP contribution in [0.1, 0.15) is 27.2 Å². The summed E-state index contributed by atoms with van der Waals surface area (Å²) in [6.07, 6.45) is 3.10. The van der Waals surface area contributed by atoms with E-state index in [0.29, 0.717) is 6.04 Å². The van der Waals surface area contributed by atoms with Crippen molar-refractivity contribution in [3.05, 3.63) is 0 Å². The Bertz CT molecular complexity index is 183. The number of amides is 2. The Balaban J connectivity index is 4.38. The lowest BCUT2D eigenvalue weighted by Crippen LogP contribution is -2.46. The van der Waals surface area contributed by atoms with Gasteiger partial charge in [0.1, 0.15) is 0 Å². The first-order valence-corrected chi connectivity index (χ1v) is 7.02. The van der Waals surface area contributed by atoms with Crippen molar-refractivity contribution in [2.24, 2.45) is 0 Å². The maximum atomic E-state index is 12.0. The molecule has 0 aromatic rings. The Hall–Kier alpha value is -0.380. The van der Waals surface area contributed by atoms with Gasteiger partial charge in [0.25, 0.3) is 0 Å². The van der Waals surface area contributed by atoms with Gasteiger partial charge in [0.2, 0.25) is 0 Å². The number of carbonyl (C=O) groups is 1. The third-order valence-corrected chi connectivity index (χ3v) is 3.43. The van der Waals surface area contributed by atoms with Gasteiger partial charge in [-0.05, 0) is 26.5 Å². The molecule has 1 atom stereocenters.